The third-order valence-electron chi connectivity index (χ3n) is 9.32. The van der Waals surface area contributed by atoms with E-state index in [1.807, 2.05) is 12.2 Å². The minimum absolute atomic E-state index is 0.160. The Labute approximate surface area is 328 Å². The number of amides is 2. The van der Waals surface area contributed by atoms with E-state index in [0.29, 0.717) is 19.3 Å². The van der Waals surface area contributed by atoms with Crippen LogP contribution in [0.2, 0.25) is 0 Å². The van der Waals surface area contributed by atoms with Gasteiger partial charge in [0.05, 0.1) is 13.2 Å². The second-order valence-corrected chi connectivity index (χ2v) is 14.4. The molecule has 0 saturated heterocycles. The molecule has 0 spiro atoms. The Morgan fingerprint density at radius 3 is 1.54 bits per heavy atom. The standard InChI is InChI=1S/C45H78N2O7/c1-3-5-7-9-11-13-15-16-17-18-19-20-22-24-26-28-33-37-44(51)54-40(34-30-27-25-23-21-14-12-10-8-6-4-2)35-31-29-32-36-42(49)46-38-43(50)47-41(39-48)45(52)53/h6,8,12,14,23,25,30,34,40-41,48H,3-5,7,9-11,13,15-22,24,26-29,31-33,35-39H2,1-2H3,(H,46,49)(H,47,50)(H,52,53)/b8-6-,14-12-,25-23-,34-30-. The quantitative estimate of drug-likeness (QED) is 0.0279. The molecule has 0 rings (SSSR count). The van der Waals surface area contributed by atoms with E-state index in [1.165, 1.54) is 89.9 Å². The van der Waals surface area contributed by atoms with Gasteiger partial charge in [0, 0.05) is 12.8 Å². The topological polar surface area (TPSA) is 142 Å². The van der Waals surface area contributed by atoms with Crippen molar-refractivity contribution in [3.63, 3.8) is 0 Å². The lowest BCUT2D eigenvalue weighted by Crippen LogP contribution is -2.47. The van der Waals surface area contributed by atoms with Gasteiger partial charge in [0.25, 0.3) is 0 Å². The summed E-state index contributed by atoms with van der Waals surface area (Å²) in [7, 11) is 0. The van der Waals surface area contributed by atoms with Crippen LogP contribution in [-0.4, -0.2) is 59.3 Å². The van der Waals surface area contributed by atoms with Gasteiger partial charge in [-0.15, -0.1) is 0 Å². The van der Waals surface area contributed by atoms with Crippen LogP contribution < -0.4 is 10.6 Å². The van der Waals surface area contributed by atoms with E-state index in [-0.39, 0.29) is 30.9 Å². The van der Waals surface area contributed by atoms with E-state index in [4.69, 9.17) is 14.9 Å². The molecular weight excluding hydrogens is 681 g/mol. The number of aliphatic hydroxyl groups excluding tert-OH is 1. The minimum atomic E-state index is -1.40. The molecular formula is C45H78N2O7. The number of carbonyl (C=O) groups excluding carboxylic acids is 3. The monoisotopic (exact) mass is 759 g/mol. The fourth-order valence-electron chi connectivity index (χ4n) is 6.04. The number of hydrogen-bond acceptors (Lipinski definition) is 6. The Kier molecular flexibility index (Phi) is 37.2. The molecule has 310 valence electrons. The van der Waals surface area contributed by atoms with Gasteiger partial charge in [0.2, 0.25) is 11.8 Å². The molecule has 0 aromatic heterocycles. The maximum Gasteiger partial charge on any atom is 0.328 e. The fourth-order valence-corrected chi connectivity index (χ4v) is 6.04. The lowest BCUT2D eigenvalue weighted by molar-refractivity contribution is -0.147. The summed E-state index contributed by atoms with van der Waals surface area (Å²) in [6.45, 7) is 3.31. The van der Waals surface area contributed by atoms with Crippen molar-refractivity contribution in [2.45, 2.75) is 199 Å². The zero-order chi connectivity index (χ0) is 39.7. The van der Waals surface area contributed by atoms with Gasteiger partial charge >= 0.3 is 11.9 Å². The molecule has 0 aromatic carbocycles. The van der Waals surface area contributed by atoms with Crippen molar-refractivity contribution < 1.29 is 34.1 Å². The highest BCUT2D eigenvalue weighted by Crippen LogP contribution is 2.16. The first-order chi connectivity index (χ1) is 26.3. The molecule has 2 amide bonds. The molecule has 0 aliphatic rings. The summed E-state index contributed by atoms with van der Waals surface area (Å²) in [6.07, 6.45) is 45.8. The number of allylic oxidation sites excluding steroid dienone is 7. The molecule has 0 aromatic rings. The predicted octanol–water partition coefficient (Wildman–Crippen LogP) is 10.4. The van der Waals surface area contributed by atoms with Gasteiger partial charge in [0.15, 0.2) is 0 Å². The highest BCUT2D eigenvalue weighted by Gasteiger charge is 2.19. The molecule has 2 unspecified atom stereocenters. The number of carboxylic acid groups (broad SMARTS) is 1. The first-order valence-corrected chi connectivity index (χ1v) is 21.5. The Bertz CT molecular complexity index is 1050. The average Bonchev–Trinajstić information content (AvgIpc) is 3.15. The molecule has 9 nitrogen and oxygen atoms in total. The second-order valence-electron chi connectivity index (χ2n) is 14.4. The lowest BCUT2D eigenvalue weighted by Gasteiger charge is -2.15. The van der Waals surface area contributed by atoms with Gasteiger partial charge in [-0.25, -0.2) is 4.79 Å². The van der Waals surface area contributed by atoms with Crippen LogP contribution in [0.1, 0.15) is 187 Å². The highest BCUT2D eigenvalue weighted by atomic mass is 16.5. The Morgan fingerprint density at radius 2 is 1.04 bits per heavy atom. The largest absolute Gasteiger partial charge is 0.480 e. The molecule has 2 atom stereocenters. The molecule has 0 aliphatic carbocycles. The van der Waals surface area contributed by atoms with Crippen LogP contribution in [0.3, 0.4) is 0 Å². The van der Waals surface area contributed by atoms with Crippen LogP contribution in [0.25, 0.3) is 0 Å². The molecule has 9 heteroatoms. The van der Waals surface area contributed by atoms with Crippen molar-refractivity contribution in [2.75, 3.05) is 13.2 Å². The highest BCUT2D eigenvalue weighted by molar-refractivity contribution is 5.87. The summed E-state index contributed by atoms with van der Waals surface area (Å²) in [6, 6.07) is -1.40. The third kappa shape index (κ3) is 35.8. The molecule has 0 fully saturated rings. The van der Waals surface area contributed by atoms with Crippen molar-refractivity contribution in [3.05, 3.63) is 48.6 Å². The number of carboxylic acids is 1. The summed E-state index contributed by atoms with van der Waals surface area (Å²) in [5, 5.41) is 22.6. The van der Waals surface area contributed by atoms with Gasteiger partial charge in [-0.1, -0.05) is 166 Å². The van der Waals surface area contributed by atoms with Gasteiger partial charge in [-0.2, -0.15) is 0 Å². The van der Waals surface area contributed by atoms with Crippen LogP contribution in [0.4, 0.5) is 0 Å². The molecule has 0 heterocycles. The number of nitrogens with one attached hydrogen (secondary N) is 2. The summed E-state index contributed by atoms with van der Waals surface area (Å²) in [5.74, 6) is -2.49. The van der Waals surface area contributed by atoms with Crippen LogP contribution in [0.5, 0.6) is 0 Å². The van der Waals surface area contributed by atoms with Crippen molar-refractivity contribution in [1.82, 2.24) is 10.6 Å². The van der Waals surface area contributed by atoms with E-state index in [1.54, 1.807) is 0 Å². The number of aliphatic carboxylic acids is 1. The maximum atomic E-state index is 12.7. The smallest absolute Gasteiger partial charge is 0.328 e. The Hall–Kier alpha value is -3.20. The average molecular weight is 759 g/mol. The first-order valence-electron chi connectivity index (χ1n) is 21.5. The molecule has 54 heavy (non-hydrogen) atoms. The molecule has 0 radical (unpaired) electrons. The molecule has 0 saturated carbocycles. The number of hydrogen-bond donors (Lipinski definition) is 4. The number of aliphatic hydroxyl groups is 1. The van der Waals surface area contributed by atoms with E-state index >= 15 is 0 Å². The number of rotatable bonds is 38. The number of unbranched alkanes of at least 4 members (excludes halogenated alkanes) is 18. The van der Waals surface area contributed by atoms with Gasteiger partial charge < -0.3 is 25.6 Å². The van der Waals surface area contributed by atoms with Crippen LogP contribution in [-0.2, 0) is 23.9 Å². The van der Waals surface area contributed by atoms with Crippen molar-refractivity contribution in [1.29, 1.82) is 0 Å². The third-order valence-corrected chi connectivity index (χ3v) is 9.32. The van der Waals surface area contributed by atoms with E-state index in [9.17, 15) is 19.2 Å². The minimum Gasteiger partial charge on any atom is -0.480 e. The lowest BCUT2D eigenvalue weighted by atomic mass is 10.0. The summed E-state index contributed by atoms with van der Waals surface area (Å²) >= 11 is 0. The molecule has 0 aliphatic heterocycles. The second kappa shape index (κ2) is 39.5. The van der Waals surface area contributed by atoms with E-state index in [0.717, 1.165) is 57.8 Å². The van der Waals surface area contributed by atoms with Crippen LogP contribution in [0, 0.1) is 0 Å². The summed E-state index contributed by atoms with van der Waals surface area (Å²) in [4.78, 5) is 47.6. The first kappa shape index (κ1) is 50.8. The zero-order valence-corrected chi connectivity index (χ0v) is 34.2. The number of ether oxygens (including phenoxy) is 1. The van der Waals surface area contributed by atoms with Crippen LogP contribution >= 0.6 is 0 Å². The van der Waals surface area contributed by atoms with Crippen molar-refractivity contribution >= 4 is 23.8 Å². The Balaban J connectivity index is 4.39. The van der Waals surface area contributed by atoms with Gasteiger partial charge in [-0.05, 0) is 57.4 Å². The molecule has 0 bridgehead atoms. The SMILES string of the molecule is CC/C=C\C/C=C\C/C=C\C/C=C\C(CCCCCC(=O)NCC(=O)NC(CO)C(=O)O)OC(=O)CCCCCCCCCCCCCCCCCCC. The summed E-state index contributed by atoms with van der Waals surface area (Å²) < 4.78 is 5.87. The Morgan fingerprint density at radius 1 is 0.574 bits per heavy atom. The number of carbonyl (C=O) groups is 4. The maximum absolute atomic E-state index is 12.7. The normalized spacial score (nSPS) is 12.9. The van der Waals surface area contributed by atoms with Crippen LogP contribution in [0.15, 0.2) is 48.6 Å². The van der Waals surface area contributed by atoms with E-state index < -0.39 is 24.5 Å². The van der Waals surface area contributed by atoms with Crippen molar-refractivity contribution in [2.24, 2.45) is 0 Å². The zero-order valence-electron chi connectivity index (χ0n) is 34.2. The predicted molar refractivity (Wildman–Crippen MR) is 222 cm³/mol. The number of esters is 1. The summed E-state index contributed by atoms with van der Waals surface area (Å²) in [5.41, 5.74) is 0. The van der Waals surface area contributed by atoms with Gasteiger partial charge in [0.1, 0.15) is 12.1 Å². The fraction of sp³-hybridized carbons (Fsp3) is 0.733. The van der Waals surface area contributed by atoms with Crippen molar-refractivity contribution in [3.8, 4) is 0 Å². The van der Waals surface area contributed by atoms with Gasteiger partial charge in [-0.3, -0.25) is 14.4 Å². The molecule has 4 N–H and O–H groups in total. The van der Waals surface area contributed by atoms with E-state index in [2.05, 4.69) is 60.9 Å².